The summed E-state index contributed by atoms with van der Waals surface area (Å²) >= 11 is 0. The van der Waals surface area contributed by atoms with Crippen LogP contribution in [-0.4, -0.2) is 18.3 Å². The molecule has 0 saturated carbocycles. The molecule has 0 radical (unpaired) electrons. The second kappa shape index (κ2) is 6.29. The summed E-state index contributed by atoms with van der Waals surface area (Å²) in [6.07, 6.45) is 0. The third-order valence-electron chi connectivity index (χ3n) is 5.21. The second-order valence-electron chi connectivity index (χ2n) is 7.90. The Hall–Kier alpha value is -2.16. The van der Waals surface area contributed by atoms with E-state index in [2.05, 4.69) is 52.5 Å². The van der Waals surface area contributed by atoms with Crippen LogP contribution in [0.15, 0.2) is 30.3 Å². The monoisotopic (exact) mass is 339 g/mol. The van der Waals surface area contributed by atoms with Crippen LogP contribution in [0.25, 0.3) is 0 Å². The molecule has 134 valence electrons. The number of benzene rings is 2. The SMILES string of the molecule is CCN(c1ccc(O)cc1)c1cc2c(c(C(C)C)c1C)OCC2(C)C. The van der Waals surface area contributed by atoms with Crippen LogP contribution < -0.4 is 9.64 Å². The lowest BCUT2D eigenvalue weighted by atomic mass is 9.82. The Morgan fingerprint density at radius 1 is 1.20 bits per heavy atom. The van der Waals surface area contributed by atoms with E-state index in [1.54, 1.807) is 12.1 Å². The van der Waals surface area contributed by atoms with Crippen LogP contribution in [0.4, 0.5) is 11.4 Å². The Morgan fingerprint density at radius 2 is 1.84 bits per heavy atom. The molecule has 0 unspecified atom stereocenters. The first-order valence-corrected chi connectivity index (χ1v) is 9.13. The second-order valence-corrected chi connectivity index (χ2v) is 7.90. The zero-order valence-electron chi connectivity index (χ0n) is 16.2. The Labute approximate surface area is 151 Å². The number of nitrogens with zero attached hydrogens (tertiary/aromatic N) is 1. The largest absolute Gasteiger partial charge is 0.508 e. The van der Waals surface area contributed by atoms with E-state index in [9.17, 15) is 5.11 Å². The molecule has 0 bridgehead atoms. The van der Waals surface area contributed by atoms with E-state index >= 15 is 0 Å². The molecule has 3 rings (SSSR count). The highest BCUT2D eigenvalue weighted by atomic mass is 16.5. The van der Waals surface area contributed by atoms with Crippen molar-refractivity contribution in [3.8, 4) is 11.5 Å². The van der Waals surface area contributed by atoms with Crippen LogP contribution in [0.3, 0.4) is 0 Å². The number of phenols is 1. The summed E-state index contributed by atoms with van der Waals surface area (Å²) in [5.41, 5.74) is 6.24. The van der Waals surface area contributed by atoms with Gasteiger partial charge < -0.3 is 14.7 Å². The zero-order chi connectivity index (χ0) is 18.4. The van der Waals surface area contributed by atoms with Crippen LogP contribution in [0, 0.1) is 6.92 Å². The fourth-order valence-electron chi connectivity index (χ4n) is 3.85. The van der Waals surface area contributed by atoms with Crippen molar-refractivity contribution in [1.29, 1.82) is 0 Å². The van der Waals surface area contributed by atoms with Crippen LogP contribution in [-0.2, 0) is 5.41 Å². The predicted molar refractivity (Wildman–Crippen MR) is 105 cm³/mol. The molecular formula is C22H29NO2. The van der Waals surface area contributed by atoms with Gasteiger partial charge in [0.1, 0.15) is 11.5 Å². The van der Waals surface area contributed by atoms with Gasteiger partial charge in [-0.25, -0.2) is 0 Å². The van der Waals surface area contributed by atoms with Gasteiger partial charge in [-0.15, -0.1) is 0 Å². The highest BCUT2D eigenvalue weighted by molar-refractivity contribution is 5.73. The molecule has 3 heteroatoms. The maximum Gasteiger partial charge on any atom is 0.127 e. The summed E-state index contributed by atoms with van der Waals surface area (Å²) in [5, 5.41) is 9.61. The number of hydrogen-bond acceptors (Lipinski definition) is 3. The fraction of sp³-hybridized carbons (Fsp3) is 0.455. The lowest BCUT2D eigenvalue weighted by molar-refractivity contribution is 0.288. The van der Waals surface area contributed by atoms with Crippen molar-refractivity contribution in [3.63, 3.8) is 0 Å². The van der Waals surface area contributed by atoms with Gasteiger partial charge in [-0.05, 0) is 55.7 Å². The van der Waals surface area contributed by atoms with Gasteiger partial charge in [-0.1, -0.05) is 27.7 Å². The average Bonchev–Trinajstić information content (AvgIpc) is 2.85. The van der Waals surface area contributed by atoms with Crippen molar-refractivity contribution in [2.24, 2.45) is 0 Å². The van der Waals surface area contributed by atoms with Crippen molar-refractivity contribution in [1.82, 2.24) is 0 Å². The van der Waals surface area contributed by atoms with E-state index in [1.807, 2.05) is 12.1 Å². The van der Waals surface area contributed by atoms with Gasteiger partial charge in [-0.2, -0.15) is 0 Å². The molecule has 1 heterocycles. The van der Waals surface area contributed by atoms with Gasteiger partial charge in [0.05, 0.1) is 6.61 Å². The number of anilines is 2. The van der Waals surface area contributed by atoms with E-state index in [0.717, 1.165) is 24.6 Å². The number of ether oxygens (including phenoxy) is 1. The summed E-state index contributed by atoms with van der Waals surface area (Å²) in [5.74, 6) is 1.78. The van der Waals surface area contributed by atoms with Gasteiger partial charge in [0, 0.05) is 34.5 Å². The molecule has 1 aliphatic rings. The average molecular weight is 339 g/mol. The third-order valence-corrected chi connectivity index (χ3v) is 5.21. The van der Waals surface area contributed by atoms with E-state index in [4.69, 9.17) is 4.74 Å². The van der Waals surface area contributed by atoms with E-state index in [-0.39, 0.29) is 5.41 Å². The molecule has 0 aliphatic carbocycles. The topological polar surface area (TPSA) is 32.7 Å². The molecule has 25 heavy (non-hydrogen) atoms. The fourth-order valence-corrected chi connectivity index (χ4v) is 3.85. The summed E-state index contributed by atoms with van der Waals surface area (Å²) < 4.78 is 6.13. The van der Waals surface area contributed by atoms with E-state index in [0.29, 0.717) is 11.7 Å². The normalized spacial score (nSPS) is 15.2. The minimum Gasteiger partial charge on any atom is -0.508 e. The number of fused-ring (bicyclic) bond motifs is 1. The van der Waals surface area contributed by atoms with Gasteiger partial charge in [0.2, 0.25) is 0 Å². The van der Waals surface area contributed by atoms with Crippen LogP contribution in [0.2, 0.25) is 0 Å². The van der Waals surface area contributed by atoms with Gasteiger partial charge in [0.25, 0.3) is 0 Å². The van der Waals surface area contributed by atoms with Gasteiger partial charge in [0.15, 0.2) is 0 Å². The number of aromatic hydroxyl groups is 1. The summed E-state index contributed by atoms with van der Waals surface area (Å²) in [7, 11) is 0. The minimum absolute atomic E-state index is 0.0236. The zero-order valence-corrected chi connectivity index (χ0v) is 16.2. The van der Waals surface area contributed by atoms with Crippen molar-refractivity contribution >= 4 is 11.4 Å². The quantitative estimate of drug-likeness (QED) is 0.781. The van der Waals surface area contributed by atoms with Gasteiger partial charge in [-0.3, -0.25) is 0 Å². The number of rotatable bonds is 4. The Morgan fingerprint density at radius 3 is 2.40 bits per heavy atom. The Balaban J connectivity index is 2.21. The molecule has 3 nitrogen and oxygen atoms in total. The summed E-state index contributed by atoms with van der Waals surface area (Å²) in [6.45, 7) is 14.9. The van der Waals surface area contributed by atoms with Crippen LogP contribution in [0.1, 0.15) is 57.2 Å². The van der Waals surface area contributed by atoms with E-state index < -0.39 is 0 Å². The molecule has 0 atom stereocenters. The molecule has 1 aliphatic heterocycles. The standard InChI is InChI=1S/C22H29NO2/c1-7-23(16-8-10-17(24)11-9-16)19-12-18-21(25-13-22(18,5)6)20(14(2)3)15(19)4/h8-12,14,24H,7,13H2,1-6H3. The van der Waals surface area contributed by atoms with Crippen molar-refractivity contribution in [2.75, 3.05) is 18.1 Å². The molecule has 0 amide bonds. The summed E-state index contributed by atoms with van der Waals surface area (Å²) in [6, 6.07) is 9.75. The molecular weight excluding hydrogens is 310 g/mol. The predicted octanol–water partition coefficient (Wildman–Crippen LogP) is 5.65. The third kappa shape index (κ3) is 2.97. The first kappa shape index (κ1) is 17.7. The maximum atomic E-state index is 9.61. The smallest absolute Gasteiger partial charge is 0.127 e. The lowest BCUT2D eigenvalue weighted by Gasteiger charge is -2.29. The first-order chi connectivity index (χ1) is 11.8. The highest BCUT2D eigenvalue weighted by Gasteiger charge is 2.36. The minimum atomic E-state index is 0.0236. The van der Waals surface area contributed by atoms with Crippen molar-refractivity contribution in [3.05, 3.63) is 47.0 Å². The molecule has 0 saturated heterocycles. The molecule has 0 fully saturated rings. The molecule has 2 aromatic carbocycles. The van der Waals surface area contributed by atoms with Crippen molar-refractivity contribution in [2.45, 2.75) is 52.9 Å². The van der Waals surface area contributed by atoms with Crippen LogP contribution >= 0.6 is 0 Å². The molecule has 0 spiro atoms. The van der Waals surface area contributed by atoms with Crippen molar-refractivity contribution < 1.29 is 9.84 Å². The maximum absolute atomic E-state index is 9.61. The number of hydrogen-bond donors (Lipinski definition) is 1. The van der Waals surface area contributed by atoms with Crippen LogP contribution in [0.5, 0.6) is 11.5 Å². The molecule has 1 N–H and O–H groups in total. The lowest BCUT2D eigenvalue weighted by Crippen LogP contribution is -2.21. The summed E-state index contributed by atoms with van der Waals surface area (Å²) in [4.78, 5) is 2.31. The molecule has 0 aromatic heterocycles. The number of phenolic OH excluding ortho intramolecular Hbond substituents is 1. The van der Waals surface area contributed by atoms with Gasteiger partial charge >= 0.3 is 0 Å². The molecule has 2 aromatic rings. The first-order valence-electron chi connectivity index (χ1n) is 9.13. The highest BCUT2D eigenvalue weighted by Crippen LogP contribution is 2.48. The Kier molecular flexibility index (Phi) is 4.44. The Bertz CT molecular complexity index is 776. The van der Waals surface area contributed by atoms with E-state index in [1.165, 1.54) is 22.4 Å².